The summed E-state index contributed by atoms with van der Waals surface area (Å²) in [4.78, 5) is 2.58. The highest BCUT2D eigenvalue weighted by molar-refractivity contribution is 5.40. The van der Waals surface area contributed by atoms with Crippen LogP contribution >= 0.6 is 0 Å². The maximum absolute atomic E-state index is 6.34. The highest BCUT2D eigenvalue weighted by Crippen LogP contribution is 2.35. The molecule has 3 rings (SSSR count). The van der Waals surface area contributed by atoms with Crippen LogP contribution in [-0.4, -0.2) is 31.1 Å². The van der Waals surface area contributed by atoms with E-state index in [0.717, 1.165) is 13.0 Å². The maximum atomic E-state index is 6.34. The Labute approximate surface area is 134 Å². The van der Waals surface area contributed by atoms with Crippen molar-refractivity contribution in [2.24, 2.45) is 5.73 Å². The van der Waals surface area contributed by atoms with Crippen molar-refractivity contribution in [1.29, 1.82) is 0 Å². The van der Waals surface area contributed by atoms with Crippen molar-refractivity contribution in [3.63, 3.8) is 0 Å². The number of hydrogen-bond donors (Lipinski definition) is 1. The molecule has 116 valence electrons. The Morgan fingerprint density at radius 2 is 1.32 bits per heavy atom. The summed E-state index contributed by atoms with van der Waals surface area (Å²) in [7, 11) is 0. The van der Waals surface area contributed by atoms with E-state index in [9.17, 15) is 0 Å². The first-order chi connectivity index (χ1) is 10.8. The second kappa shape index (κ2) is 7.08. The fraction of sp³-hybridized carbons (Fsp3) is 0.400. The molecule has 0 amide bonds. The summed E-state index contributed by atoms with van der Waals surface area (Å²) >= 11 is 0. The smallest absolute Gasteiger partial charge is 0.0337 e. The van der Waals surface area contributed by atoms with Crippen LogP contribution in [0.2, 0.25) is 0 Å². The molecule has 1 heterocycles. The molecule has 22 heavy (non-hydrogen) atoms. The fourth-order valence-corrected chi connectivity index (χ4v) is 3.66. The zero-order valence-electron chi connectivity index (χ0n) is 13.2. The number of nitrogens with two attached hydrogens (primary N) is 1. The largest absolute Gasteiger partial charge is 0.329 e. The van der Waals surface area contributed by atoms with Gasteiger partial charge in [0.25, 0.3) is 0 Å². The van der Waals surface area contributed by atoms with Gasteiger partial charge in [-0.2, -0.15) is 0 Å². The van der Waals surface area contributed by atoms with E-state index in [1.165, 1.54) is 37.1 Å². The maximum Gasteiger partial charge on any atom is 0.0337 e. The highest BCUT2D eigenvalue weighted by Gasteiger charge is 2.33. The van der Waals surface area contributed by atoms with Gasteiger partial charge in [-0.3, -0.25) is 0 Å². The molecule has 1 aliphatic heterocycles. The summed E-state index contributed by atoms with van der Waals surface area (Å²) in [5.74, 6) is 0. The second-order valence-electron chi connectivity index (χ2n) is 6.32. The molecule has 0 atom stereocenters. The monoisotopic (exact) mass is 294 g/mol. The third kappa shape index (κ3) is 3.08. The quantitative estimate of drug-likeness (QED) is 0.884. The van der Waals surface area contributed by atoms with Crippen molar-refractivity contribution in [2.75, 3.05) is 26.2 Å². The Hall–Kier alpha value is -1.64. The first-order valence-corrected chi connectivity index (χ1v) is 8.39. The Morgan fingerprint density at radius 1 is 0.818 bits per heavy atom. The molecule has 0 unspecified atom stereocenters. The molecule has 0 aromatic heterocycles. The van der Waals surface area contributed by atoms with E-state index in [2.05, 4.69) is 65.6 Å². The number of likely N-dealkylation sites (tertiary alicyclic amines) is 1. The van der Waals surface area contributed by atoms with E-state index in [1.807, 2.05) is 0 Å². The standard InChI is InChI=1S/C20H26N2/c21-17-20(18-9-3-1-4-10-18,19-11-5-2-6-12-19)13-16-22-14-7-8-15-22/h1-6,9-12H,7-8,13-17,21H2. The predicted octanol–water partition coefficient (Wildman–Crippen LogP) is 3.42. The van der Waals surface area contributed by atoms with Crippen LogP contribution in [0.5, 0.6) is 0 Å². The summed E-state index contributed by atoms with van der Waals surface area (Å²) in [6.45, 7) is 4.25. The van der Waals surface area contributed by atoms with Crippen molar-refractivity contribution in [3.8, 4) is 0 Å². The van der Waals surface area contributed by atoms with Gasteiger partial charge in [0, 0.05) is 12.0 Å². The van der Waals surface area contributed by atoms with Crippen molar-refractivity contribution in [1.82, 2.24) is 4.90 Å². The Morgan fingerprint density at radius 3 is 1.77 bits per heavy atom. The molecule has 2 N–H and O–H groups in total. The molecule has 0 saturated carbocycles. The number of rotatable bonds is 6. The molecule has 1 saturated heterocycles. The van der Waals surface area contributed by atoms with Crippen molar-refractivity contribution in [3.05, 3.63) is 71.8 Å². The normalized spacial score (nSPS) is 16.0. The van der Waals surface area contributed by atoms with Gasteiger partial charge in [0.2, 0.25) is 0 Å². The van der Waals surface area contributed by atoms with Gasteiger partial charge in [0.1, 0.15) is 0 Å². The van der Waals surface area contributed by atoms with Crippen LogP contribution in [0, 0.1) is 0 Å². The molecule has 0 bridgehead atoms. The van der Waals surface area contributed by atoms with Crippen LogP contribution in [-0.2, 0) is 5.41 Å². The van der Waals surface area contributed by atoms with Gasteiger partial charge in [0.05, 0.1) is 0 Å². The average Bonchev–Trinajstić information content (AvgIpc) is 3.11. The van der Waals surface area contributed by atoms with Crippen LogP contribution in [0.4, 0.5) is 0 Å². The van der Waals surface area contributed by atoms with Crippen molar-refractivity contribution >= 4 is 0 Å². The van der Waals surface area contributed by atoms with Crippen LogP contribution in [0.3, 0.4) is 0 Å². The molecule has 2 aromatic carbocycles. The van der Waals surface area contributed by atoms with E-state index in [4.69, 9.17) is 5.73 Å². The average molecular weight is 294 g/mol. The van der Waals surface area contributed by atoms with Crippen molar-refractivity contribution in [2.45, 2.75) is 24.7 Å². The zero-order chi connectivity index (χ0) is 15.3. The predicted molar refractivity (Wildman–Crippen MR) is 93.0 cm³/mol. The summed E-state index contributed by atoms with van der Waals surface area (Å²) in [6, 6.07) is 21.6. The van der Waals surface area contributed by atoms with Crippen LogP contribution in [0.1, 0.15) is 30.4 Å². The molecular weight excluding hydrogens is 268 g/mol. The van der Waals surface area contributed by atoms with E-state index in [-0.39, 0.29) is 5.41 Å². The Kier molecular flexibility index (Phi) is 4.91. The molecule has 0 aliphatic carbocycles. The van der Waals surface area contributed by atoms with Crippen molar-refractivity contribution < 1.29 is 0 Å². The summed E-state index contributed by atoms with van der Waals surface area (Å²) in [5, 5.41) is 0. The van der Waals surface area contributed by atoms with Gasteiger partial charge in [0.15, 0.2) is 0 Å². The zero-order valence-corrected chi connectivity index (χ0v) is 13.2. The minimum atomic E-state index is -0.0783. The minimum absolute atomic E-state index is 0.0783. The van der Waals surface area contributed by atoms with Gasteiger partial charge >= 0.3 is 0 Å². The molecule has 0 radical (unpaired) electrons. The van der Waals surface area contributed by atoms with Gasteiger partial charge < -0.3 is 10.6 Å². The third-order valence-corrected chi connectivity index (χ3v) is 5.05. The molecule has 2 aromatic rings. The van der Waals surface area contributed by atoms with Gasteiger partial charge in [-0.1, -0.05) is 60.7 Å². The molecular formula is C20H26N2. The van der Waals surface area contributed by atoms with E-state index in [1.54, 1.807) is 0 Å². The Bertz CT molecular complexity index is 519. The third-order valence-electron chi connectivity index (χ3n) is 5.05. The van der Waals surface area contributed by atoms with Gasteiger partial charge in [-0.15, -0.1) is 0 Å². The lowest BCUT2D eigenvalue weighted by Crippen LogP contribution is -2.39. The van der Waals surface area contributed by atoms with Gasteiger partial charge in [-0.25, -0.2) is 0 Å². The lowest BCUT2D eigenvalue weighted by molar-refractivity contribution is 0.299. The fourth-order valence-electron chi connectivity index (χ4n) is 3.66. The first kappa shape index (κ1) is 15.3. The highest BCUT2D eigenvalue weighted by atomic mass is 15.1. The number of hydrogen-bond acceptors (Lipinski definition) is 2. The summed E-state index contributed by atoms with van der Waals surface area (Å²) in [6.07, 6.45) is 3.76. The number of benzene rings is 2. The minimum Gasteiger partial charge on any atom is -0.329 e. The lowest BCUT2D eigenvalue weighted by Gasteiger charge is -2.35. The van der Waals surface area contributed by atoms with Crippen LogP contribution in [0.25, 0.3) is 0 Å². The molecule has 2 nitrogen and oxygen atoms in total. The second-order valence-corrected chi connectivity index (χ2v) is 6.32. The number of nitrogens with zero attached hydrogens (tertiary/aromatic N) is 1. The summed E-state index contributed by atoms with van der Waals surface area (Å²) < 4.78 is 0. The molecule has 1 fully saturated rings. The van der Waals surface area contributed by atoms with E-state index >= 15 is 0 Å². The molecule has 1 aliphatic rings. The molecule has 2 heteroatoms. The SMILES string of the molecule is NCC(CCN1CCCC1)(c1ccccc1)c1ccccc1. The molecule has 0 spiro atoms. The Balaban J connectivity index is 1.93. The lowest BCUT2D eigenvalue weighted by atomic mass is 9.72. The van der Waals surface area contributed by atoms with Gasteiger partial charge in [-0.05, 0) is 50.0 Å². The first-order valence-electron chi connectivity index (χ1n) is 8.39. The topological polar surface area (TPSA) is 29.3 Å². The summed E-state index contributed by atoms with van der Waals surface area (Å²) in [5.41, 5.74) is 8.93. The van der Waals surface area contributed by atoms with Crippen LogP contribution < -0.4 is 5.73 Å². The van der Waals surface area contributed by atoms with Crippen LogP contribution in [0.15, 0.2) is 60.7 Å². The van der Waals surface area contributed by atoms with E-state index in [0.29, 0.717) is 6.54 Å². The van der Waals surface area contributed by atoms with E-state index < -0.39 is 0 Å².